The molecule has 0 aliphatic rings. The highest BCUT2D eigenvalue weighted by molar-refractivity contribution is 7.16. The van der Waals surface area contributed by atoms with Gasteiger partial charge in [-0.15, -0.1) is 43.3 Å². The molecular weight excluding hydrogens is 253 g/mol. The molecule has 0 amide bonds. The summed E-state index contributed by atoms with van der Waals surface area (Å²) in [6, 6.07) is 0. The second-order valence-electron chi connectivity index (χ2n) is 2.99. The summed E-state index contributed by atoms with van der Waals surface area (Å²) in [5.74, 6) is 0. The molecule has 0 aliphatic heterocycles. The Bertz CT molecular complexity index is 48.1. The molecule has 2 atom stereocenters. The molecule has 0 bridgehead atoms. The topological polar surface area (TPSA) is 0 Å². The molecule has 0 saturated heterocycles. The molecule has 0 fully saturated rings. The average molecular weight is 281 g/mol. The summed E-state index contributed by atoms with van der Waals surface area (Å²) >= 11 is 0. The van der Waals surface area contributed by atoms with Gasteiger partial charge >= 0.3 is 0 Å². The van der Waals surface area contributed by atoms with E-state index in [9.17, 15) is 0 Å². The SMILES string of the molecule is CCCCCP.CCCCCP.Cl.Cl. The van der Waals surface area contributed by atoms with Crippen molar-refractivity contribution in [3.05, 3.63) is 0 Å². The van der Waals surface area contributed by atoms with Gasteiger partial charge in [0.15, 0.2) is 0 Å². The van der Waals surface area contributed by atoms with Crippen LogP contribution >= 0.6 is 43.3 Å². The molecule has 0 radical (unpaired) electrons. The minimum Gasteiger partial charge on any atom is -0.147 e. The zero-order valence-corrected chi connectivity index (χ0v) is 13.6. The van der Waals surface area contributed by atoms with Crippen molar-refractivity contribution in [1.82, 2.24) is 0 Å². The summed E-state index contributed by atoms with van der Waals surface area (Å²) in [6.45, 7) is 4.45. The molecule has 0 aromatic carbocycles. The maximum Gasteiger partial charge on any atom is -0.0381 e. The number of hydrogen-bond acceptors (Lipinski definition) is 0. The Balaban J connectivity index is -0.0000000625. The van der Waals surface area contributed by atoms with Gasteiger partial charge in [0.1, 0.15) is 0 Å². The van der Waals surface area contributed by atoms with Crippen molar-refractivity contribution in [3.63, 3.8) is 0 Å². The van der Waals surface area contributed by atoms with E-state index in [1.54, 1.807) is 0 Å². The third-order valence-electron chi connectivity index (χ3n) is 1.62. The van der Waals surface area contributed by atoms with Crippen molar-refractivity contribution in [2.75, 3.05) is 12.3 Å². The highest BCUT2D eigenvalue weighted by atomic mass is 35.5. The zero-order chi connectivity index (χ0) is 9.66. The van der Waals surface area contributed by atoms with Crippen LogP contribution in [0.5, 0.6) is 0 Å². The second-order valence-corrected chi connectivity index (χ2v) is 4.15. The van der Waals surface area contributed by atoms with Gasteiger partial charge in [-0.1, -0.05) is 39.5 Å². The van der Waals surface area contributed by atoms with Gasteiger partial charge in [0.05, 0.1) is 0 Å². The van der Waals surface area contributed by atoms with Crippen LogP contribution in [0.25, 0.3) is 0 Å². The quantitative estimate of drug-likeness (QED) is 0.477. The minimum atomic E-state index is 0. The molecule has 0 aliphatic carbocycles. The lowest BCUT2D eigenvalue weighted by Crippen LogP contribution is -1.70. The molecule has 0 aromatic heterocycles. The van der Waals surface area contributed by atoms with Gasteiger partial charge in [0.25, 0.3) is 0 Å². The van der Waals surface area contributed by atoms with Gasteiger partial charge in [-0.2, -0.15) is 0 Å². The van der Waals surface area contributed by atoms with Crippen LogP contribution in [0.2, 0.25) is 0 Å². The van der Waals surface area contributed by atoms with Gasteiger partial charge in [0.2, 0.25) is 0 Å². The third-order valence-corrected chi connectivity index (χ3v) is 2.43. The average Bonchev–Trinajstić information content (AvgIpc) is 2.12. The van der Waals surface area contributed by atoms with Crippen LogP contribution < -0.4 is 0 Å². The summed E-state index contributed by atoms with van der Waals surface area (Å²) in [4.78, 5) is 0. The highest BCUT2D eigenvalue weighted by Crippen LogP contribution is 1.96. The molecule has 4 heteroatoms. The summed E-state index contributed by atoms with van der Waals surface area (Å²) in [5.41, 5.74) is 0. The summed E-state index contributed by atoms with van der Waals surface area (Å²) < 4.78 is 0. The molecule has 92 valence electrons. The molecule has 0 N–H and O–H groups in total. The lowest BCUT2D eigenvalue weighted by molar-refractivity contribution is 0.779. The molecule has 0 saturated carbocycles. The number of rotatable bonds is 6. The Morgan fingerprint density at radius 2 is 0.929 bits per heavy atom. The van der Waals surface area contributed by atoms with E-state index >= 15 is 0 Å². The molecule has 0 aromatic rings. The number of unbranched alkanes of at least 4 members (excludes halogenated alkanes) is 4. The van der Waals surface area contributed by atoms with E-state index in [0.29, 0.717) is 0 Å². The molecular formula is C10H28Cl2P2. The van der Waals surface area contributed by atoms with Crippen LogP contribution in [0.1, 0.15) is 52.4 Å². The van der Waals surface area contributed by atoms with Gasteiger partial charge in [0, 0.05) is 0 Å². The van der Waals surface area contributed by atoms with E-state index in [-0.39, 0.29) is 24.8 Å². The first kappa shape index (κ1) is 24.6. The largest absolute Gasteiger partial charge is 0.147 e. The van der Waals surface area contributed by atoms with Crippen LogP contribution in [0, 0.1) is 0 Å². The molecule has 0 spiro atoms. The van der Waals surface area contributed by atoms with Crippen molar-refractivity contribution in [3.8, 4) is 0 Å². The van der Waals surface area contributed by atoms with E-state index in [1.165, 1.54) is 50.8 Å². The zero-order valence-electron chi connectivity index (χ0n) is 9.63. The Morgan fingerprint density at radius 1 is 0.643 bits per heavy atom. The van der Waals surface area contributed by atoms with Gasteiger partial charge in [-0.3, -0.25) is 0 Å². The highest BCUT2D eigenvalue weighted by Gasteiger charge is 1.75. The monoisotopic (exact) mass is 280 g/mol. The van der Waals surface area contributed by atoms with Crippen LogP contribution in [-0.4, -0.2) is 12.3 Å². The van der Waals surface area contributed by atoms with Crippen molar-refractivity contribution >= 4 is 43.3 Å². The fourth-order valence-electron chi connectivity index (χ4n) is 0.789. The molecule has 14 heavy (non-hydrogen) atoms. The third kappa shape index (κ3) is 37.6. The van der Waals surface area contributed by atoms with Gasteiger partial charge in [-0.05, 0) is 25.2 Å². The summed E-state index contributed by atoms with van der Waals surface area (Å²) in [6.07, 6.45) is 10.8. The first-order valence-corrected chi connectivity index (χ1v) is 6.86. The fourth-order valence-corrected chi connectivity index (χ4v) is 1.37. The summed E-state index contributed by atoms with van der Waals surface area (Å²) in [5, 5.41) is 0. The molecule has 0 heterocycles. The van der Waals surface area contributed by atoms with Crippen molar-refractivity contribution < 1.29 is 0 Å². The van der Waals surface area contributed by atoms with E-state index in [4.69, 9.17) is 0 Å². The first-order chi connectivity index (χ1) is 5.83. The Labute approximate surface area is 108 Å². The Morgan fingerprint density at radius 3 is 1.00 bits per heavy atom. The Hall–Kier alpha value is 1.44. The lowest BCUT2D eigenvalue weighted by atomic mass is 10.3. The molecule has 0 nitrogen and oxygen atoms in total. The normalized spacial score (nSPS) is 7.71. The van der Waals surface area contributed by atoms with Crippen molar-refractivity contribution in [1.29, 1.82) is 0 Å². The van der Waals surface area contributed by atoms with Crippen LogP contribution in [0.15, 0.2) is 0 Å². The Kier molecular flexibility index (Phi) is 51.4. The minimum absolute atomic E-state index is 0. The maximum absolute atomic E-state index is 2.73. The standard InChI is InChI=1S/2C5H13P.2ClH/c2*1-2-3-4-5-6;;/h2*2-6H2,1H3;2*1H. The molecule has 0 rings (SSSR count). The predicted octanol–water partition coefficient (Wildman–Crippen LogP) is 4.95. The predicted molar refractivity (Wildman–Crippen MR) is 82.7 cm³/mol. The fraction of sp³-hybridized carbons (Fsp3) is 1.00. The number of halogens is 2. The van der Waals surface area contributed by atoms with Gasteiger partial charge < -0.3 is 0 Å². The number of hydrogen-bond donors (Lipinski definition) is 0. The first-order valence-electron chi connectivity index (χ1n) is 5.23. The summed E-state index contributed by atoms with van der Waals surface area (Å²) in [7, 11) is 5.46. The van der Waals surface area contributed by atoms with Gasteiger partial charge in [-0.25, -0.2) is 0 Å². The van der Waals surface area contributed by atoms with E-state index in [2.05, 4.69) is 32.3 Å². The van der Waals surface area contributed by atoms with Crippen LogP contribution in [0.4, 0.5) is 0 Å². The van der Waals surface area contributed by atoms with Crippen LogP contribution in [-0.2, 0) is 0 Å². The van der Waals surface area contributed by atoms with E-state index in [1.807, 2.05) is 0 Å². The lowest BCUT2D eigenvalue weighted by Gasteiger charge is -1.86. The van der Waals surface area contributed by atoms with E-state index < -0.39 is 0 Å². The second kappa shape index (κ2) is 29.3. The van der Waals surface area contributed by atoms with E-state index in [0.717, 1.165) is 0 Å². The van der Waals surface area contributed by atoms with Crippen molar-refractivity contribution in [2.24, 2.45) is 0 Å². The van der Waals surface area contributed by atoms with Crippen molar-refractivity contribution in [2.45, 2.75) is 52.4 Å². The maximum atomic E-state index is 2.73. The van der Waals surface area contributed by atoms with Crippen LogP contribution in [0.3, 0.4) is 0 Å². The molecule has 2 unspecified atom stereocenters. The smallest absolute Gasteiger partial charge is 0.0381 e.